The molecule has 0 aliphatic carbocycles. The summed E-state index contributed by atoms with van der Waals surface area (Å²) in [6.45, 7) is 2.35. The lowest BCUT2D eigenvalue weighted by atomic mass is 10.6. The van der Waals surface area contributed by atoms with Crippen molar-refractivity contribution in [3.8, 4) is 0 Å². The molecular weight excluding hydrogens is 279 g/mol. The normalized spacial score (nSPS) is 11.4. The Balaban J connectivity index is 2.00. The lowest BCUT2D eigenvalue weighted by molar-refractivity contribution is -0.144. The summed E-state index contributed by atoms with van der Waals surface area (Å²) < 4.78 is 38.3. The second-order valence-corrected chi connectivity index (χ2v) is 3.62. The molecule has 0 fully saturated rings. The fourth-order valence-electron chi connectivity index (χ4n) is 1.38. The number of alkyl halides is 3. The third-order valence-electron chi connectivity index (χ3n) is 2.24. The van der Waals surface area contributed by atoms with Gasteiger partial charge in [0.25, 0.3) is 5.95 Å². The van der Waals surface area contributed by atoms with Gasteiger partial charge < -0.3 is 0 Å². The number of hydrogen-bond donors (Lipinski definition) is 3. The Morgan fingerprint density at radius 1 is 1.45 bits per heavy atom. The quantitative estimate of drug-likeness (QED) is 0.800. The first-order valence-corrected chi connectivity index (χ1v) is 5.49. The largest absolute Gasteiger partial charge is 0.451 e. The van der Waals surface area contributed by atoms with Gasteiger partial charge in [0.2, 0.25) is 5.82 Å². The van der Waals surface area contributed by atoms with Crippen LogP contribution in [0.2, 0.25) is 0 Å². The summed E-state index contributed by atoms with van der Waals surface area (Å²) in [5, 5.41) is 13.3. The van der Waals surface area contributed by atoms with Gasteiger partial charge in [0.15, 0.2) is 0 Å². The molecule has 0 aliphatic heterocycles. The van der Waals surface area contributed by atoms with Crippen molar-refractivity contribution in [2.45, 2.75) is 19.6 Å². The molecule has 2 amide bonds. The molecule has 0 saturated heterocycles. The summed E-state index contributed by atoms with van der Waals surface area (Å²) in [4.78, 5) is 14.7. The van der Waals surface area contributed by atoms with Crippen LogP contribution in [0.15, 0.2) is 12.3 Å². The van der Waals surface area contributed by atoms with Gasteiger partial charge in [0, 0.05) is 12.6 Å². The van der Waals surface area contributed by atoms with Crippen molar-refractivity contribution in [1.29, 1.82) is 0 Å². The van der Waals surface area contributed by atoms with Gasteiger partial charge in [0.1, 0.15) is 5.82 Å². The zero-order chi connectivity index (χ0) is 14.8. The first-order valence-electron chi connectivity index (χ1n) is 5.49. The van der Waals surface area contributed by atoms with Crippen molar-refractivity contribution in [2.24, 2.45) is 0 Å². The van der Waals surface area contributed by atoms with E-state index in [2.05, 4.69) is 25.8 Å². The minimum absolute atomic E-state index is 0.400. The van der Waals surface area contributed by atoms with Crippen LogP contribution in [0.3, 0.4) is 0 Å². The summed E-state index contributed by atoms with van der Waals surface area (Å²) in [6, 6.07) is 0.773. The molecular formula is C9H10F3N7O. The zero-order valence-corrected chi connectivity index (χ0v) is 10.2. The first-order chi connectivity index (χ1) is 9.40. The van der Waals surface area contributed by atoms with Gasteiger partial charge in [-0.15, -0.1) is 5.10 Å². The van der Waals surface area contributed by atoms with E-state index in [0.717, 1.165) is 0 Å². The molecule has 0 atom stereocenters. The molecule has 0 bridgehead atoms. The molecule has 0 aromatic carbocycles. The number of nitrogens with zero attached hydrogens (tertiary/aromatic N) is 4. The van der Waals surface area contributed by atoms with Gasteiger partial charge in [-0.1, -0.05) is 0 Å². The van der Waals surface area contributed by atoms with Gasteiger partial charge in [-0.05, 0) is 6.92 Å². The number of aromatic amines is 1. The van der Waals surface area contributed by atoms with Gasteiger partial charge in [-0.2, -0.15) is 23.3 Å². The molecule has 20 heavy (non-hydrogen) atoms. The number of carbonyl (C=O) groups is 1. The highest BCUT2D eigenvalue weighted by atomic mass is 19.4. The lowest BCUT2D eigenvalue weighted by Gasteiger charge is -2.06. The zero-order valence-electron chi connectivity index (χ0n) is 10.2. The number of H-pyrrole nitrogens is 1. The Hall–Kier alpha value is -2.59. The number of carbonyl (C=O) groups excluding carboxylic acids is 1. The smallest absolute Gasteiger partial charge is 0.292 e. The Morgan fingerprint density at radius 3 is 2.80 bits per heavy atom. The van der Waals surface area contributed by atoms with Crippen LogP contribution in [0.5, 0.6) is 0 Å². The van der Waals surface area contributed by atoms with Gasteiger partial charge in [-0.25, -0.2) is 9.48 Å². The maximum Gasteiger partial charge on any atom is 0.451 e. The van der Waals surface area contributed by atoms with E-state index in [0.29, 0.717) is 12.4 Å². The van der Waals surface area contributed by atoms with Crippen LogP contribution in [-0.4, -0.2) is 31.0 Å². The summed E-state index contributed by atoms with van der Waals surface area (Å²) in [5.74, 6) is -1.36. The van der Waals surface area contributed by atoms with Crippen molar-refractivity contribution < 1.29 is 18.0 Å². The molecule has 8 nitrogen and oxygen atoms in total. The highest BCUT2D eigenvalue weighted by Crippen LogP contribution is 2.26. The molecule has 0 spiro atoms. The fourth-order valence-corrected chi connectivity index (χ4v) is 1.38. The molecule has 2 rings (SSSR count). The molecule has 2 heterocycles. The van der Waals surface area contributed by atoms with E-state index in [4.69, 9.17) is 0 Å². The number of hydrogen-bond acceptors (Lipinski definition) is 4. The molecule has 2 aromatic heterocycles. The topological polar surface area (TPSA) is 101 Å². The number of aryl methyl sites for hydroxylation is 1. The van der Waals surface area contributed by atoms with Crippen LogP contribution in [0, 0.1) is 0 Å². The number of nitrogens with one attached hydrogen (secondary N) is 3. The Bertz CT molecular complexity index is 603. The van der Waals surface area contributed by atoms with Gasteiger partial charge in [0.05, 0.1) is 6.20 Å². The van der Waals surface area contributed by atoms with Crippen LogP contribution in [0.4, 0.5) is 29.7 Å². The van der Waals surface area contributed by atoms with E-state index in [1.807, 2.05) is 6.92 Å². The molecule has 3 N–H and O–H groups in total. The van der Waals surface area contributed by atoms with Crippen LogP contribution < -0.4 is 10.6 Å². The van der Waals surface area contributed by atoms with Crippen molar-refractivity contribution in [1.82, 2.24) is 25.0 Å². The Morgan fingerprint density at radius 2 is 2.20 bits per heavy atom. The molecule has 0 saturated carbocycles. The van der Waals surface area contributed by atoms with Crippen molar-refractivity contribution in [2.75, 3.05) is 10.6 Å². The van der Waals surface area contributed by atoms with Crippen molar-refractivity contribution in [3.63, 3.8) is 0 Å². The van der Waals surface area contributed by atoms with E-state index in [1.54, 1.807) is 11.2 Å². The maximum absolute atomic E-state index is 12.3. The molecule has 0 aliphatic rings. The lowest BCUT2D eigenvalue weighted by Crippen LogP contribution is -2.22. The van der Waals surface area contributed by atoms with E-state index >= 15 is 0 Å². The molecule has 2 aromatic rings. The van der Waals surface area contributed by atoms with E-state index in [9.17, 15) is 18.0 Å². The number of urea groups is 1. The molecule has 11 heteroatoms. The Labute approximate surface area is 110 Å². The summed E-state index contributed by atoms with van der Waals surface area (Å²) in [5.41, 5.74) is 0. The number of anilines is 2. The number of rotatable bonds is 3. The summed E-state index contributed by atoms with van der Waals surface area (Å²) >= 11 is 0. The summed E-state index contributed by atoms with van der Waals surface area (Å²) in [6.07, 6.45) is -3.17. The predicted molar refractivity (Wildman–Crippen MR) is 61.9 cm³/mol. The van der Waals surface area contributed by atoms with E-state index in [-0.39, 0.29) is 0 Å². The standard InChI is InChI=1S/C9H10F3N7O/c1-2-19-5(3-4-13-19)14-8(20)16-7-15-6(17-18-7)9(10,11)12/h3-4H,2H2,1H3,(H3,14,15,16,17,18,20). The van der Waals surface area contributed by atoms with Gasteiger partial charge in [-0.3, -0.25) is 15.7 Å². The average Bonchev–Trinajstić information content (AvgIpc) is 2.97. The second-order valence-electron chi connectivity index (χ2n) is 3.62. The molecule has 0 unspecified atom stereocenters. The minimum Gasteiger partial charge on any atom is -0.292 e. The summed E-state index contributed by atoms with van der Waals surface area (Å²) in [7, 11) is 0. The number of aromatic nitrogens is 5. The first kappa shape index (κ1) is 13.8. The fraction of sp³-hybridized carbons (Fsp3) is 0.333. The van der Waals surface area contributed by atoms with Crippen molar-refractivity contribution in [3.05, 3.63) is 18.1 Å². The second kappa shape index (κ2) is 5.19. The van der Waals surface area contributed by atoms with Crippen molar-refractivity contribution >= 4 is 17.8 Å². The van der Waals surface area contributed by atoms with Crippen LogP contribution >= 0.6 is 0 Å². The minimum atomic E-state index is -4.65. The van der Waals surface area contributed by atoms with Crippen LogP contribution in [-0.2, 0) is 12.7 Å². The number of halogens is 3. The Kier molecular flexibility index (Phi) is 3.59. The molecule has 108 valence electrons. The van der Waals surface area contributed by atoms with Crippen LogP contribution in [0.25, 0.3) is 0 Å². The predicted octanol–water partition coefficient (Wildman–Crippen LogP) is 1.68. The monoisotopic (exact) mass is 289 g/mol. The highest BCUT2D eigenvalue weighted by molar-refractivity contribution is 5.97. The highest BCUT2D eigenvalue weighted by Gasteiger charge is 2.35. The number of amides is 2. The molecule has 0 radical (unpaired) electrons. The third kappa shape index (κ3) is 3.05. The van der Waals surface area contributed by atoms with Gasteiger partial charge >= 0.3 is 12.2 Å². The van der Waals surface area contributed by atoms with Crippen LogP contribution in [0.1, 0.15) is 12.7 Å². The van der Waals surface area contributed by atoms with E-state index in [1.165, 1.54) is 10.9 Å². The maximum atomic E-state index is 12.3. The average molecular weight is 289 g/mol. The third-order valence-corrected chi connectivity index (χ3v) is 2.24. The van der Waals surface area contributed by atoms with E-state index < -0.39 is 24.0 Å². The SMILES string of the molecule is CCn1nccc1NC(=O)Nc1n[nH]c(C(F)(F)F)n1.